The summed E-state index contributed by atoms with van der Waals surface area (Å²) in [5.41, 5.74) is 0. The van der Waals surface area contributed by atoms with E-state index in [1.807, 2.05) is 6.08 Å². The summed E-state index contributed by atoms with van der Waals surface area (Å²) in [6, 6.07) is -0.649. The first kappa shape index (κ1) is 64.1. The van der Waals surface area contributed by atoms with Gasteiger partial charge in [0.15, 0.2) is 0 Å². The van der Waals surface area contributed by atoms with Crippen molar-refractivity contribution in [2.24, 2.45) is 0 Å². The predicted octanol–water partition coefficient (Wildman–Crippen LogP) is 18.0. The van der Waals surface area contributed by atoms with Gasteiger partial charge in [-0.1, -0.05) is 249 Å². The minimum absolute atomic E-state index is 0.0173. The zero-order valence-electron chi connectivity index (χ0n) is 44.2. The largest absolute Gasteiger partial charge is 0.466 e. The minimum atomic E-state index is -0.863. The molecule has 6 heteroatoms. The molecular formula is C60H113NO5. The average molecular weight is 929 g/mol. The van der Waals surface area contributed by atoms with Gasteiger partial charge in [-0.05, 0) is 83.5 Å². The van der Waals surface area contributed by atoms with Gasteiger partial charge in [0, 0.05) is 12.8 Å². The quantitative estimate of drug-likeness (QED) is 0.0321. The molecule has 6 nitrogen and oxygen atoms in total. The van der Waals surface area contributed by atoms with E-state index in [4.69, 9.17) is 4.74 Å². The molecule has 0 aromatic carbocycles. The van der Waals surface area contributed by atoms with E-state index in [1.54, 1.807) is 6.08 Å². The number of hydrogen-bond donors (Lipinski definition) is 3. The van der Waals surface area contributed by atoms with Crippen LogP contribution in [0.5, 0.6) is 0 Å². The number of esters is 1. The molecule has 2 unspecified atom stereocenters. The van der Waals surface area contributed by atoms with Gasteiger partial charge in [0.05, 0.1) is 25.4 Å². The molecule has 0 spiro atoms. The molecule has 0 aliphatic carbocycles. The van der Waals surface area contributed by atoms with E-state index in [2.05, 4.69) is 43.5 Å². The zero-order valence-corrected chi connectivity index (χ0v) is 44.2. The summed E-state index contributed by atoms with van der Waals surface area (Å²) in [6.45, 7) is 4.87. The Morgan fingerprint density at radius 1 is 0.409 bits per heavy atom. The Kier molecular flexibility index (Phi) is 54.1. The second-order valence-corrected chi connectivity index (χ2v) is 20.0. The molecule has 388 valence electrons. The second-order valence-electron chi connectivity index (χ2n) is 20.0. The zero-order chi connectivity index (χ0) is 47.9. The Morgan fingerprint density at radius 3 is 1.09 bits per heavy atom. The van der Waals surface area contributed by atoms with E-state index >= 15 is 0 Å². The first-order valence-electron chi connectivity index (χ1n) is 29.3. The van der Waals surface area contributed by atoms with Crippen LogP contribution in [0.4, 0.5) is 0 Å². The number of amides is 1. The number of allylic oxidation sites excluding steroid dienone is 5. The lowest BCUT2D eigenvalue weighted by atomic mass is 10.0. The Bertz CT molecular complexity index is 1070. The number of hydrogen-bond acceptors (Lipinski definition) is 5. The molecule has 0 aromatic heterocycles. The van der Waals surface area contributed by atoms with E-state index in [1.165, 1.54) is 212 Å². The molecule has 0 bridgehead atoms. The van der Waals surface area contributed by atoms with Crippen molar-refractivity contribution in [3.63, 3.8) is 0 Å². The number of aliphatic hydroxyl groups is 2. The van der Waals surface area contributed by atoms with Crippen LogP contribution in [0.1, 0.15) is 309 Å². The summed E-state index contributed by atoms with van der Waals surface area (Å²) in [6.07, 6.45) is 68.8. The maximum absolute atomic E-state index is 12.5. The van der Waals surface area contributed by atoms with E-state index in [0.29, 0.717) is 19.4 Å². The van der Waals surface area contributed by atoms with Crippen molar-refractivity contribution < 1.29 is 24.5 Å². The number of rotatable bonds is 54. The molecule has 0 radical (unpaired) electrons. The lowest BCUT2D eigenvalue weighted by Gasteiger charge is -2.19. The molecule has 66 heavy (non-hydrogen) atoms. The van der Waals surface area contributed by atoms with Gasteiger partial charge in [0.25, 0.3) is 0 Å². The number of nitrogens with one attached hydrogen (secondary N) is 1. The molecule has 2 atom stereocenters. The molecule has 0 fully saturated rings. The fraction of sp³-hybridized carbons (Fsp3) is 0.867. The highest BCUT2D eigenvalue weighted by Gasteiger charge is 2.18. The van der Waals surface area contributed by atoms with Crippen molar-refractivity contribution in [2.75, 3.05) is 13.2 Å². The van der Waals surface area contributed by atoms with Crippen LogP contribution in [0, 0.1) is 0 Å². The van der Waals surface area contributed by atoms with Gasteiger partial charge in [-0.15, -0.1) is 0 Å². The molecule has 0 aromatic rings. The maximum atomic E-state index is 12.5. The highest BCUT2D eigenvalue weighted by molar-refractivity contribution is 5.76. The fourth-order valence-corrected chi connectivity index (χ4v) is 8.86. The molecular weight excluding hydrogens is 815 g/mol. The van der Waals surface area contributed by atoms with Crippen LogP contribution >= 0.6 is 0 Å². The van der Waals surface area contributed by atoms with Crippen molar-refractivity contribution in [3.8, 4) is 0 Å². The summed E-state index contributed by atoms with van der Waals surface area (Å²) in [5.74, 6) is -0.114. The minimum Gasteiger partial charge on any atom is -0.466 e. The van der Waals surface area contributed by atoms with Gasteiger partial charge in [0.1, 0.15) is 0 Å². The molecule has 0 heterocycles. The van der Waals surface area contributed by atoms with E-state index in [-0.39, 0.29) is 18.5 Å². The van der Waals surface area contributed by atoms with Crippen LogP contribution in [0.3, 0.4) is 0 Å². The van der Waals surface area contributed by atoms with Crippen LogP contribution in [0.25, 0.3) is 0 Å². The van der Waals surface area contributed by atoms with Gasteiger partial charge in [-0.25, -0.2) is 0 Å². The molecule has 1 amide bonds. The Morgan fingerprint density at radius 2 is 0.712 bits per heavy atom. The van der Waals surface area contributed by atoms with Crippen molar-refractivity contribution in [3.05, 3.63) is 36.5 Å². The topological polar surface area (TPSA) is 95.9 Å². The highest BCUT2D eigenvalue weighted by atomic mass is 16.5. The standard InChI is InChI=1S/C60H113NO5/c1-3-5-7-9-11-13-15-17-19-21-22-24-25-28-32-36-40-44-48-52-58(63)57(56-62)61-59(64)53-49-45-41-37-33-29-27-31-35-39-43-47-51-55-66-60(65)54-50-46-42-38-34-30-26-23-20-18-16-14-12-10-8-6-4-2/h18,20,29,33,48,52,57-58,62-63H,3-17,19,21-28,30-32,34-47,49-51,53-56H2,1-2H3,(H,61,64)/b20-18-,33-29-,52-48+. The molecule has 0 aliphatic rings. The monoisotopic (exact) mass is 928 g/mol. The van der Waals surface area contributed by atoms with Crippen molar-refractivity contribution in [2.45, 2.75) is 321 Å². The highest BCUT2D eigenvalue weighted by Crippen LogP contribution is 2.16. The number of carbonyl (C=O) groups is 2. The molecule has 3 N–H and O–H groups in total. The average Bonchev–Trinajstić information content (AvgIpc) is 3.32. The fourth-order valence-electron chi connectivity index (χ4n) is 8.86. The van der Waals surface area contributed by atoms with Crippen LogP contribution in [0.2, 0.25) is 0 Å². The lowest BCUT2D eigenvalue weighted by molar-refractivity contribution is -0.143. The van der Waals surface area contributed by atoms with Crippen LogP contribution < -0.4 is 5.32 Å². The van der Waals surface area contributed by atoms with Crippen LogP contribution in [-0.4, -0.2) is 47.4 Å². The summed E-state index contributed by atoms with van der Waals surface area (Å²) >= 11 is 0. The van der Waals surface area contributed by atoms with E-state index in [9.17, 15) is 19.8 Å². The number of unbranched alkanes of at least 4 members (excludes halogenated alkanes) is 39. The maximum Gasteiger partial charge on any atom is 0.305 e. The van der Waals surface area contributed by atoms with Crippen LogP contribution in [0.15, 0.2) is 36.5 Å². The number of ether oxygens (including phenoxy) is 1. The smallest absolute Gasteiger partial charge is 0.305 e. The Labute approximate surface area is 411 Å². The first-order valence-corrected chi connectivity index (χ1v) is 29.3. The summed E-state index contributed by atoms with van der Waals surface area (Å²) in [7, 11) is 0. The third-order valence-corrected chi connectivity index (χ3v) is 13.4. The SMILES string of the molecule is CCCCCCCC/C=C\CCCCCCCCCC(=O)OCCCCCCCC/C=C\CCCCCC(=O)NC(CO)C(O)/C=C/CCCCCCCCCCCCCCCCCCC. The summed E-state index contributed by atoms with van der Waals surface area (Å²) in [4.78, 5) is 24.5. The van der Waals surface area contributed by atoms with Gasteiger partial charge in [0.2, 0.25) is 5.91 Å². The summed E-state index contributed by atoms with van der Waals surface area (Å²) < 4.78 is 5.47. The van der Waals surface area contributed by atoms with Crippen molar-refractivity contribution in [1.82, 2.24) is 5.32 Å². The van der Waals surface area contributed by atoms with Crippen LogP contribution in [-0.2, 0) is 14.3 Å². The molecule has 0 aliphatic heterocycles. The van der Waals surface area contributed by atoms with Gasteiger partial charge in [-0.3, -0.25) is 9.59 Å². The number of aliphatic hydroxyl groups excluding tert-OH is 2. The third kappa shape index (κ3) is 51.5. The number of carbonyl (C=O) groups excluding carboxylic acids is 2. The van der Waals surface area contributed by atoms with Gasteiger partial charge < -0.3 is 20.3 Å². The van der Waals surface area contributed by atoms with Gasteiger partial charge in [-0.2, -0.15) is 0 Å². The van der Waals surface area contributed by atoms with Crippen molar-refractivity contribution >= 4 is 11.9 Å². The normalized spacial score (nSPS) is 12.8. The van der Waals surface area contributed by atoms with E-state index < -0.39 is 12.1 Å². The molecule has 0 rings (SSSR count). The lowest BCUT2D eigenvalue weighted by Crippen LogP contribution is -2.45. The first-order chi connectivity index (χ1) is 32.5. The Balaban J connectivity index is 3.52. The molecule has 0 saturated heterocycles. The Hall–Kier alpha value is -1.92. The second kappa shape index (κ2) is 55.7. The van der Waals surface area contributed by atoms with Gasteiger partial charge >= 0.3 is 5.97 Å². The van der Waals surface area contributed by atoms with E-state index in [0.717, 1.165) is 70.6 Å². The molecule has 0 saturated carbocycles. The summed E-state index contributed by atoms with van der Waals surface area (Å²) in [5, 5.41) is 23.1. The predicted molar refractivity (Wildman–Crippen MR) is 287 cm³/mol. The third-order valence-electron chi connectivity index (χ3n) is 13.4. The van der Waals surface area contributed by atoms with Crippen molar-refractivity contribution in [1.29, 1.82) is 0 Å².